The Labute approximate surface area is 174 Å². The number of piperidine rings is 1. The first-order valence-electron chi connectivity index (χ1n) is 9.24. The van der Waals surface area contributed by atoms with Gasteiger partial charge < -0.3 is 16.0 Å². The van der Waals surface area contributed by atoms with E-state index >= 15 is 0 Å². The summed E-state index contributed by atoms with van der Waals surface area (Å²) in [6.07, 6.45) is -4.67. The fourth-order valence-corrected chi connectivity index (χ4v) is 4.07. The summed E-state index contributed by atoms with van der Waals surface area (Å²) in [5.41, 5.74) is -0.206. The number of nitrogens with zero attached hydrogens (tertiary/aromatic N) is 1. The van der Waals surface area contributed by atoms with Crippen molar-refractivity contribution < 1.29 is 31.5 Å². The number of rotatable bonds is 4. The molecule has 30 heavy (non-hydrogen) atoms. The van der Waals surface area contributed by atoms with Crippen molar-refractivity contribution in [1.82, 2.24) is 20.9 Å². The fourth-order valence-electron chi connectivity index (χ4n) is 3.89. The van der Waals surface area contributed by atoms with Crippen LogP contribution in [0.5, 0.6) is 0 Å². The minimum atomic E-state index is -4.51. The Balaban J connectivity index is 1.92. The molecule has 6 nitrogen and oxygen atoms in total. The number of hydrogen-bond acceptors (Lipinski definition) is 3. The molecular formula is C18H20ClF5N4O2. The lowest BCUT2D eigenvalue weighted by Crippen LogP contribution is -2.52. The average Bonchev–Trinajstić information content (AvgIpc) is 3.11. The van der Waals surface area contributed by atoms with E-state index in [2.05, 4.69) is 16.0 Å². The maximum Gasteiger partial charge on any atom is 0.404 e. The first-order chi connectivity index (χ1) is 14.0. The smallest absolute Gasteiger partial charge is 0.347 e. The third-order valence-corrected chi connectivity index (χ3v) is 5.89. The summed E-state index contributed by atoms with van der Waals surface area (Å²) in [6.45, 7) is 0.0438. The second kappa shape index (κ2) is 8.54. The van der Waals surface area contributed by atoms with Crippen LogP contribution in [0.25, 0.3) is 0 Å². The zero-order valence-corrected chi connectivity index (χ0v) is 16.6. The van der Waals surface area contributed by atoms with Gasteiger partial charge in [0.1, 0.15) is 28.7 Å². The van der Waals surface area contributed by atoms with Crippen LogP contribution in [0.2, 0.25) is 5.02 Å². The van der Waals surface area contributed by atoms with Crippen molar-refractivity contribution in [3.05, 3.63) is 34.4 Å². The van der Waals surface area contributed by atoms with Crippen molar-refractivity contribution in [2.45, 2.75) is 37.1 Å². The van der Waals surface area contributed by atoms with Gasteiger partial charge in [-0.3, -0.25) is 9.69 Å². The Bertz CT molecular complexity index is 838. The molecule has 2 heterocycles. The summed E-state index contributed by atoms with van der Waals surface area (Å²) in [6, 6.07) is -2.54. The predicted molar refractivity (Wildman–Crippen MR) is 97.8 cm³/mol. The maximum atomic E-state index is 14.7. The van der Waals surface area contributed by atoms with Gasteiger partial charge in [-0.15, -0.1) is 0 Å². The zero-order valence-electron chi connectivity index (χ0n) is 15.8. The van der Waals surface area contributed by atoms with Crippen LogP contribution in [0, 0.1) is 17.6 Å². The molecule has 12 heteroatoms. The molecule has 0 spiro atoms. The highest BCUT2D eigenvalue weighted by atomic mass is 35.5. The van der Waals surface area contributed by atoms with Gasteiger partial charge in [0.25, 0.3) is 0 Å². The van der Waals surface area contributed by atoms with Crippen molar-refractivity contribution in [2.24, 2.45) is 5.92 Å². The normalized spacial score (nSPS) is 26.1. The Hall–Kier alpha value is -2.14. The van der Waals surface area contributed by atoms with Crippen LogP contribution in [-0.2, 0) is 4.79 Å². The maximum absolute atomic E-state index is 14.7. The molecule has 3 N–H and O–H groups in total. The molecule has 0 saturated carbocycles. The molecule has 2 aliphatic heterocycles. The molecule has 166 valence electrons. The number of urea groups is 1. The van der Waals surface area contributed by atoms with Gasteiger partial charge in [0, 0.05) is 12.1 Å². The van der Waals surface area contributed by atoms with Gasteiger partial charge >= 0.3 is 12.2 Å². The summed E-state index contributed by atoms with van der Waals surface area (Å²) in [5.74, 6) is -3.65. The number of hydrogen-bond donors (Lipinski definition) is 3. The Morgan fingerprint density at radius 3 is 2.63 bits per heavy atom. The van der Waals surface area contributed by atoms with Crippen molar-refractivity contribution in [3.63, 3.8) is 0 Å². The van der Waals surface area contributed by atoms with Crippen molar-refractivity contribution in [3.8, 4) is 0 Å². The average molecular weight is 455 g/mol. The molecule has 3 rings (SSSR count). The van der Waals surface area contributed by atoms with Gasteiger partial charge in [0.15, 0.2) is 0 Å². The molecule has 0 aromatic heterocycles. The van der Waals surface area contributed by atoms with Crippen LogP contribution < -0.4 is 16.0 Å². The van der Waals surface area contributed by atoms with E-state index in [0.717, 1.165) is 17.0 Å². The largest absolute Gasteiger partial charge is 0.404 e. The van der Waals surface area contributed by atoms with Gasteiger partial charge in [-0.1, -0.05) is 17.7 Å². The highest BCUT2D eigenvalue weighted by molar-refractivity contribution is 6.31. The minimum Gasteiger partial charge on any atom is -0.347 e. The van der Waals surface area contributed by atoms with Gasteiger partial charge in [-0.05, 0) is 38.4 Å². The summed E-state index contributed by atoms with van der Waals surface area (Å²) in [5, 5.41) is 6.49. The van der Waals surface area contributed by atoms with E-state index in [1.165, 1.54) is 7.05 Å². The summed E-state index contributed by atoms with van der Waals surface area (Å²) in [7, 11) is 1.34. The fraction of sp³-hybridized carbons (Fsp3) is 0.556. The van der Waals surface area contributed by atoms with Gasteiger partial charge in [0.05, 0.1) is 6.04 Å². The molecule has 1 aromatic rings. The molecule has 3 amide bonds. The lowest BCUT2D eigenvalue weighted by atomic mass is 9.81. The first kappa shape index (κ1) is 22.5. The van der Waals surface area contributed by atoms with Gasteiger partial charge in [-0.2, -0.15) is 13.2 Å². The topological polar surface area (TPSA) is 73.5 Å². The van der Waals surface area contributed by atoms with E-state index in [0.29, 0.717) is 0 Å². The van der Waals surface area contributed by atoms with Gasteiger partial charge in [0.2, 0.25) is 5.91 Å². The summed E-state index contributed by atoms with van der Waals surface area (Å²) in [4.78, 5) is 25.0. The number of halogens is 6. The second-order valence-electron chi connectivity index (χ2n) is 7.48. The van der Waals surface area contributed by atoms with Crippen molar-refractivity contribution in [2.75, 3.05) is 20.1 Å². The molecule has 2 saturated heterocycles. The van der Waals surface area contributed by atoms with Crippen LogP contribution in [-0.4, -0.2) is 55.2 Å². The number of amides is 3. The van der Waals surface area contributed by atoms with E-state index in [1.807, 2.05) is 0 Å². The molecule has 0 radical (unpaired) electrons. The lowest BCUT2D eigenvalue weighted by molar-refractivity contribution is -0.192. The Morgan fingerprint density at radius 2 is 2.03 bits per heavy atom. The molecule has 1 aromatic carbocycles. The number of carbonyl (C=O) groups excluding carboxylic acids is 2. The standard InChI is InChI=1S/C18H20ClF5N4O2/c1-28-5-4-8(6-12(28)18(22,23)24)15(9-2-3-10(20)13(19)14(9)21)27-16(29)11-7-25-17(30)26-11/h2-3,8,11-12,15H,4-7H2,1H3,(H,27,29)(H2,25,26,30)/t8?,11-,12?,15?/m0/s1. The monoisotopic (exact) mass is 454 g/mol. The van der Waals surface area contributed by atoms with Crippen LogP contribution in [0.3, 0.4) is 0 Å². The van der Waals surface area contributed by atoms with E-state index in [1.54, 1.807) is 0 Å². The van der Waals surface area contributed by atoms with E-state index in [9.17, 15) is 31.5 Å². The number of alkyl halides is 3. The van der Waals surface area contributed by atoms with E-state index < -0.39 is 65.2 Å². The summed E-state index contributed by atoms with van der Waals surface area (Å²) >= 11 is 5.66. The Morgan fingerprint density at radius 1 is 1.33 bits per heavy atom. The number of carbonyl (C=O) groups is 2. The molecular weight excluding hydrogens is 435 g/mol. The number of benzene rings is 1. The van der Waals surface area contributed by atoms with Crippen molar-refractivity contribution >= 4 is 23.5 Å². The van der Waals surface area contributed by atoms with Crippen LogP contribution in [0.4, 0.5) is 26.7 Å². The lowest BCUT2D eigenvalue weighted by Gasteiger charge is -2.41. The third kappa shape index (κ3) is 4.61. The number of likely N-dealkylation sites (tertiary alicyclic amines) is 1. The highest BCUT2D eigenvalue weighted by Crippen LogP contribution is 2.40. The molecule has 0 bridgehead atoms. The molecule has 2 fully saturated rings. The van der Waals surface area contributed by atoms with Crippen molar-refractivity contribution in [1.29, 1.82) is 0 Å². The third-order valence-electron chi connectivity index (χ3n) is 5.55. The zero-order chi connectivity index (χ0) is 22.2. The minimum absolute atomic E-state index is 0.0252. The highest BCUT2D eigenvalue weighted by Gasteiger charge is 2.47. The molecule has 2 aliphatic rings. The second-order valence-corrected chi connectivity index (χ2v) is 7.86. The number of nitrogens with one attached hydrogen (secondary N) is 3. The van der Waals surface area contributed by atoms with Crippen LogP contribution in [0.1, 0.15) is 24.4 Å². The van der Waals surface area contributed by atoms with E-state index in [-0.39, 0.29) is 25.1 Å². The molecule has 3 unspecified atom stereocenters. The molecule has 0 aliphatic carbocycles. The SMILES string of the molecule is CN1CCC(C(NC(=O)[C@@H]2CNC(=O)N2)c2ccc(F)c(Cl)c2F)CC1C(F)(F)F. The van der Waals surface area contributed by atoms with Crippen LogP contribution >= 0.6 is 11.6 Å². The Kier molecular flexibility index (Phi) is 6.42. The first-order valence-corrected chi connectivity index (χ1v) is 9.62. The predicted octanol–water partition coefficient (Wildman–Crippen LogP) is 2.73. The van der Waals surface area contributed by atoms with Gasteiger partial charge in [-0.25, -0.2) is 13.6 Å². The van der Waals surface area contributed by atoms with Crippen LogP contribution in [0.15, 0.2) is 12.1 Å². The molecule has 4 atom stereocenters. The summed E-state index contributed by atoms with van der Waals surface area (Å²) < 4.78 is 68.7. The quantitative estimate of drug-likeness (QED) is 0.484. The van der Waals surface area contributed by atoms with E-state index in [4.69, 9.17) is 11.6 Å².